The summed E-state index contributed by atoms with van der Waals surface area (Å²) >= 11 is 5.95. The fourth-order valence-corrected chi connectivity index (χ4v) is 2.11. The third kappa shape index (κ3) is 3.87. The van der Waals surface area contributed by atoms with Gasteiger partial charge in [0.1, 0.15) is 5.75 Å². The number of anilines is 1. The van der Waals surface area contributed by atoms with Crippen molar-refractivity contribution in [3.8, 4) is 11.8 Å². The Labute approximate surface area is 138 Å². The molecule has 0 aliphatic rings. The number of benzene rings is 2. The number of rotatable bonds is 5. The standard InChI is InChI=1S/C17H13ClN2O3/c1-23-12-8-6-11(7-9-12)16(21)13(10-19)17(22)20-15-5-3-2-4-14(15)18/h2-9,13H,1H3,(H,20,22)/t13-/m1/s1. The largest absolute Gasteiger partial charge is 0.497 e. The highest BCUT2D eigenvalue weighted by Crippen LogP contribution is 2.22. The number of para-hydroxylation sites is 1. The number of hydrogen-bond acceptors (Lipinski definition) is 4. The molecule has 116 valence electrons. The van der Waals surface area contributed by atoms with Crippen LogP contribution in [0.25, 0.3) is 0 Å². The molecule has 1 N–H and O–H groups in total. The van der Waals surface area contributed by atoms with E-state index in [9.17, 15) is 14.9 Å². The number of nitriles is 1. The maximum atomic E-state index is 12.3. The van der Waals surface area contributed by atoms with Crippen LogP contribution in [-0.2, 0) is 4.79 Å². The lowest BCUT2D eigenvalue weighted by atomic mass is 9.98. The van der Waals surface area contributed by atoms with Gasteiger partial charge in [-0.05, 0) is 36.4 Å². The number of halogens is 1. The second-order valence-corrected chi connectivity index (χ2v) is 5.03. The second kappa shape index (κ2) is 7.43. The van der Waals surface area contributed by atoms with E-state index in [2.05, 4.69) is 5.32 Å². The lowest BCUT2D eigenvalue weighted by Crippen LogP contribution is -2.28. The predicted octanol–water partition coefficient (Wildman–Crippen LogP) is 3.31. The zero-order valence-electron chi connectivity index (χ0n) is 12.2. The van der Waals surface area contributed by atoms with E-state index in [4.69, 9.17) is 16.3 Å². The van der Waals surface area contributed by atoms with Gasteiger partial charge >= 0.3 is 0 Å². The molecule has 1 atom stereocenters. The predicted molar refractivity (Wildman–Crippen MR) is 86.5 cm³/mol. The molecule has 0 saturated heterocycles. The van der Waals surface area contributed by atoms with Crippen LogP contribution >= 0.6 is 11.6 Å². The van der Waals surface area contributed by atoms with Gasteiger partial charge < -0.3 is 10.1 Å². The van der Waals surface area contributed by atoms with Crippen molar-refractivity contribution < 1.29 is 14.3 Å². The molecule has 0 unspecified atom stereocenters. The van der Waals surface area contributed by atoms with Gasteiger partial charge in [0.05, 0.1) is 23.9 Å². The zero-order chi connectivity index (χ0) is 16.8. The third-order valence-electron chi connectivity index (χ3n) is 3.16. The summed E-state index contributed by atoms with van der Waals surface area (Å²) in [5, 5.41) is 12.0. The van der Waals surface area contributed by atoms with Gasteiger partial charge in [0.15, 0.2) is 11.7 Å². The van der Waals surface area contributed by atoms with Gasteiger partial charge in [-0.1, -0.05) is 23.7 Å². The van der Waals surface area contributed by atoms with Gasteiger partial charge in [-0.3, -0.25) is 9.59 Å². The first-order valence-corrected chi connectivity index (χ1v) is 7.08. The third-order valence-corrected chi connectivity index (χ3v) is 3.49. The normalized spacial score (nSPS) is 11.2. The molecule has 0 heterocycles. The summed E-state index contributed by atoms with van der Waals surface area (Å²) in [6, 6.07) is 14.5. The summed E-state index contributed by atoms with van der Waals surface area (Å²) in [6.45, 7) is 0. The molecule has 23 heavy (non-hydrogen) atoms. The van der Waals surface area contributed by atoms with Gasteiger partial charge in [-0.25, -0.2) is 0 Å². The molecule has 2 aromatic carbocycles. The van der Waals surface area contributed by atoms with Crippen molar-refractivity contribution in [2.45, 2.75) is 0 Å². The number of methoxy groups -OCH3 is 1. The number of ether oxygens (including phenoxy) is 1. The molecule has 6 heteroatoms. The molecule has 2 aromatic rings. The van der Waals surface area contributed by atoms with Crippen LogP contribution in [0.5, 0.6) is 5.75 Å². The Bertz CT molecular complexity index is 766. The Morgan fingerprint density at radius 1 is 1.17 bits per heavy atom. The van der Waals surface area contributed by atoms with E-state index in [0.717, 1.165) is 0 Å². The van der Waals surface area contributed by atoms with Crippen molar-refractivity contribution in [1.82, 2.24) is 0 Å². The Morgan fingerprint density at radius 3 is 2.39 bits per heavy atom. The zero-order valence-corrected chi connectivity index (χ0v) is 13.0. The van der Waals surface area contributed by atoms with Crippen molar-refractivity contribution >= 4 is 29.0 Å². The highest BCUT2D eigenvalue weighted by Gasteiger charge is 2.28. The Morgan fingerprint density at radius 2 is 1.83 bits per heavy atom. The fraction of sp³-hybridized carbons (Fsp3) is 0.118. The van der Waals surface area contributed by atoms with Crippen molar-refractivity contribution in [3.05, 3.63) is 59.1 Å². The molecule has 0 aliphatic heterocycles. The molecule has 0 saturated carbocycles. The van der Waals surface area contributed by atoms with Crippen LogP contribution in [0.2, 0.25) is 5.02 Å². The fourth-order valence-electron chi connectivity index (χ4n) is 1.93. The summed E-state index contributed by atoms with van der Waals surface area (Å²) in [7, 11) is 1.51. The number of carbonyl (C=O) groups excluding carboxylic acids is 2. The number of Topliss-reactive ketones (excluding diaryl/α,β-unsaturated/α-hetero) is 1. The van der Waals surface area contributed by atoms with Gasteiger partial charge in [-0.2, -0.15) is 5.26 Å². The molecule has 0 spiro atoms. The smallest absolute Gasteiger partial charge is 0.249 e. The van der Waals surface area contributed by atoms with E-state index in [1.54, 1.807) is 42.5 Å². The first-order valence-electron chi connectivity index (χ1n) is 6.70. The highest BCUT2D eigenvalue weighted by molar-refractivity contribution is 6.34. The summed E-state index contributed by atoms with van der Waals surface area (Å²) < 4.78 is 5.01. The van der Waals surface area contributed by atoms with Crippen molar-refractivity contribution in [2.24, 2.45) is 5.92 Å². The molecule has 0 fully saturated rings. The van der Waals surface area contributed by atoms with Gasteiger partial charge in [0, 0.05) is 5.56 Å². The lowest BCUT2D eigenvalue weighted by molar-refractivity contribution is -0.117. The highest BCUT2D eigenvalue weighted by atomic mass is 35.5. The monoisotopic (exact) mass is 328 g/mol. The quantitative estimate of drug-likeness (QED) is 0.674. The van der Waals surface area contributed by atoms with Crippen LogP contribution in [0.4, 0.5) is 5.69 Å². The first kappa shape index (κ1) is 16.5. The van der Waals surface area contributed by atoms with E-state index in [1.165, 1.54) is 19.2 Å². The summed E-state index contributed by atoms with van der Waals surface area (Å²) in [6.07, 6.45) is 0. The Hall–Kier alpha value is -2.84. The van der Waals surface area contributed by atoms with Crippen LogP contribution in [-0.4, -0.2) is 18.8 Å². The van der Waals surface area contributed by atoms with E-state index in [-0.39, 0.29) is 5.56 Å². The maximum Gasteiger partial charge on any atom is 0.249 e. The van der Waals surface area contributed by atoms with Crippen LogP contribution in [0.15, 0.2) is 48.5 Å². The number of hydrogen-bond donors (Lipinski definition) is 1. The molecule has 0 radical (unpaired) electrons. The first-order chi connectivity index (χ1) is 11.1. The average Bonchev–Trinajstić information content (AvgIpc) is 2.57. The molecule has 0 aromatic heterocycles. The van der Waals surface area contributed by atoms with Crippen molar-refractivity contribution in [3.63, 3.8) is 0 Å². The minimum atomic E-state index is -1.46. The Kier molecular flexibility index (Phi) is 5.34. The van der Waals surface area contributed by atoms with Crippen LogP contribution in [0.3, 0.4) is 0 Å². The molecular formula is C17H13ClN2O3. The van der Waals surface area contributed by atoms with E-state index in [0.29, 0.717) is 16.5 Å². The molecular weight excluding hydrogens is 316 g/mol. The maximum absolute atomic E-state index is 12.3. The van der Waals surface area contributed by atoms with E-state index >= 15 is 0 Å². The average molecular weight is 329 g/mol. The number of nitrogens with zero attached hydrogens (tertiary/aromatic N) is 1. The molecule has 1 amide bonds. The number of ketones is 1. The topological polar surface area (TPSA) is 79.2 Å². The minimum Gasteiger partial charge on any atom is -0.497 e. The van der Waals surface area contributed by atoms with Crippen molar-refractivity contribution in [2.75, 3.05) is 12.4 Å². The second-order valence-electron chi connectivity index (χ2n) is 4.62. The SMILES string of the molecule is COc1ccc(C(=O)[C@@H](C#N)C(=O)Nc2ccccc2Cl)cc1. The lowest BCUT2D eigenvalue weighted by Gasteiger charge is -2.11. The number of amides is 1. The number of nitrogens with one attached hydrogen (secondary N) is 1. The van der Waals surface area contributed by atoms with Crippen molar-refractivity contribution in [1.29, 1.82) is 5.26 Å². The summed E-state index contributed by atoms with van der Waals surface area (Å²) in [5.74, 6) is -2.18. The van der Waals surface area contributed by atoms with Gasteiger partial charge in [0.2, 0.25) is 5.91 Å². The molecule has 0 aliphatic carbocycles. The van der Waals surface area contributed by atoms with E-state index in [1.807, 2.05) is 0 Å². The molecule has 5 nitrogen and oxygen atoms in total. The van der Waals surface area contributed by atoms with Gasteiger partial charge in [0.25, 0.3) is 0 Å². The molecule has 2 rings (SSSR count). The van der Waals surface area contributed by atoms with Gasteiger partial charge in [-0.15, -0.1) is 0 Å². The van der Waals surface area contributed by atoms with Crippen LogP contribution < -0.4 is 10.1 Å². The van der Waals surface area contributed by atoms with Crippen LogP contribution in [0, 0.1) is 17.2 Å². The Balaban J connectivity index is 2.18. The number of carbonyl (C=O) groups is 2. The summed E-state index contributed by atoms with van der Waals surface area (Å²) in [4.78, 5) is 24.5. The van der Waals surface area contributed by atoms with Crippen LogP contribution in [0.1, 0.15) is 10.4 Å². The summed E-state index contributed by atoms with van der Waals surface area (Å²) in [5.41, 5.74) is 0.605. The van der Waals surface area contributed by atoms with E-state index < -0.39 is 17.6 Å². The minimum absolute atomic E-state index is 0.256. The molecule has 0 bridgehead atoms.